The van der Waals surface area contributed by atoms with Gasteiger partial charge in [0.25, 0.3) is 0 Å². The molecule has 9 heteroatoms. The van der Waals surface area contributed by atoms with Gasteiger partial charge in [0, 0.05) is 14.2 Å². The second-order valence-corrected chi connectivity index (χ2v) is 13.1. The summed E-state index contributed by atoms with van der Waals surface area (Å²) in [5.41, 5.74) is 3.93. The third-order valence-electron chi connectivity index (χ3n) is 7.68. The average molecular weight is 633 g/mol. The third kappa shape index (κ3) is 9.19. The summed E-state index contributed by atoms with van der Waals surface area (Å²) < 4.78 is 57.7. The minimum absolute atomic E-state index is 0.148. The van der Waals surface area contributed by atoms with Crippen LogP contribution in [0.4, 0.5) is 0 Å². The summed E-state index contributed by atoms with van der Waals surface area (Å²) in [6, 6.07) is 39.4. The first kappa shape index (κ1) is 33.2. The Bertz CT molecular complexity index is 1430. The van der Waals surface area contributed by atoms with Gasteiger partial charge in [0.1, 0.15) is 24.4 Å². The van der Waals surface area contributed by atoms with E-state index < -0.39 is 37.9 Å². The van der Waals surface area contributed by atoms with Crippen LogP contribution in [0.2, 0.25) is 0 Å². The molecule has 45 heavy (non-hydrogen) atoms. The number of ether oxygens (including phenoxy) is 5. The molecule has 0 bridgehead atoms. The lowest BCUT2D eigenvalue weighted by Gasteiger charge is -2.47. The van der Waals surface area contributed by atoms with E-state index >= 15 is 0 Å². The Morgan fingerprint density at radius 2 is 0.911 bits per heavy atom. The van der Waals surface area contributed by atoms with Crippen LogP contribution in [0.15, 0.2) is 121 Å². The van der Waals surface area contributed by atoms with Crippen LogP contribution in [0.25, 0.3) is 0 Å². The standard InChI is InChI=1S/C36H41O8P/c1-38-45(37,39-2)36-35(43-26-31-21-13-6-14-22-31)34(42-25-30-19-11-5-12-20-30)33(41-24-29-17-9-4-10-18-29)32(44-36)27-40-23-28-15-7-3-8-16-28/h3-22,32-36H,23-27H2,1-2H3/t32-,33-,34+,35-,36+/m1/s1. The van der Waals surface area contributed by atoms with Crippen LogP contribution in [-0.2, 0) is 63.7 Å². The highest BCUT2D eigenvalue weighted by atomic mass is 31.2. The average Bonchev–Trinajstić information content (AvgIpc) is 3.10. The first-order chi connectivity index (χ1) is 22.1. The van der Waals surface area contributed by atoms with Crippen molar-refractivity contribution in [2.24, 2.45) is 0 Å². The molecule has 0 amide bonds. The van der Waals surface area contributed by atoms with Crippen LogP contribution in [0, 0.1) is 0 Å². The van der Waals surface area contributed by atoms with E-state index in [1.54, 1.807) is 0 Å². The molecule has 0 aliphatic carbocycles. The zero-order valence-electron chi connectivity index (χ0n) is 25.7. The molecule has 1 aliphatic heterocycles. The highest BCUT2D eigenvalue weighted by Crippen LogP contribution is 2.56. The van der Waals surface area contributed by atoms with E-state index in [0.717, 1.165) is 22.3 Å². The van der Waals surface area contributed by atoms with Gasteiger partial charge in [-0.3, -0.25) is 4.57 Å². The molecule has 0 aromatic heterocycles. The van der Waals surface area contributed by atoms with Crippen molar-refractivity contribution in [3.8, 4) is 0 Å². The molecule has 0 saturated carbocycles. The summed E-state index contributed by atoms with van der Waals surface area (Å²) in [7, 11) is -1.14. The van der Waals surface area contributed by atoms with Gasteiger partial charge in [-0.15, -0.1) is 0 Å². The van der Waals surface area contributed by atoms with Gasteiger partial charge in [-0.2, -0.15) is 0 Å². The Labute approximate surface area is 265 Å². The van der Waals surface area contributed by atoms with Crippen molar-refractivity contribution in [1.29, 1.82) is 0 Å². The van der Waals surface area contributed by atoms with E-state index in [4.69, 9.17) is 32.7 Å². The molecule has 4 aromatic rings. The zero-order chi connectivity index (χ0) is 31.3. The number of hydrogen-bond acceptors (Lipinski definition) is 8. The summed E-state index contributed by atoms with van der Waals surface area (Å²) >= 11 is 0. The molecule has 1 fully saturated rings. The maximum Gasteiger partial charge on any atom is 0.361 e. The van der Waals surface area contributed by atoms with Crippen LogP contribution in [0.5, 0.6) is 0 Å². The predicted molar refractivity (Wildman–Crippen MR) is 171 cm³/mol. The minimum atomic E-state index is -3.84. The van der Waals surface area contributed by atoms with Gasteiger partial charge in [-0.05, 0) is 22.3 Å². The first-order valence-electron chi connectivity index (χ1n) is 15.0. The Kier molecular flexibility index (Phi) is 12.5. The minimum Gasteiger partial charge on any atom is -0.374 e. The van der Waals surface area contributed by atoms with Crippen molar-refractivity contribution in [2.75, 3.05) is 20.8 Å². The van der Waals surface area contributed by atoms with Crippen LogP contribution in [0.1, 0.15) is 22.3 Å². The second-order valence-electron chi connectivity index (χ2n) is 10.8. The van der Waals surface area contributed by atoms with Gasteiger partial charge in [0.05, 0.1) is 33.0 Å². The zero-order valence-corrected chi connectivity index (χ0v) is 26.6. The van der Waals surface area contributed by atoms with Crippen molar-refractivity contribution < 1.29 is 37.3 Å². The topological polar surface area (TPSA) is 81.7 Å². The van der Waals surface area contributed by atoms with Crippen molar-refractivity contribution in [3.63, 3.8) is 0 Å². The first-order valence-corrected chi connectivity index (χ1v) is 16.7. The normalized spacial score (nSPS) is 21.9. The molecule has 0 radical (unpaired) electrons. The van der Waals surface area contributed by atoms with Gasteiger partial charge >= 0.3 is 7.60 Å². The summed E-state index contributed by atoms with van der Waals surface area (Å²) in [6.45, 7) is 1.32. The Balaban J connectivity index is 1.48. The molecule has 238 valence electrons. The third-order valence-corrected chi connectivity index (χ3v) is 9.74. The van der Waals surface area contributed by atoms with Crippen molar-refractivity contribution in [3.05, 3.63) is 144 Å². The lowest BCUT2D eigenvalue weighted by Crippen LogP contribution is -2.61. The Morgan fingerprint density at radius 3 is 1.33 bits per heavy atom. The fraction of sp³-hybridized carbons (Fsp3) is 0.333. The fourth-order valence-electron chi connectivity index (χ4n) is 5.30. The molecule has 8 nitrogen and oxygen atoms in total. The lowest BCUT2D eigenvalue weighted by atomic mass is 9.98. The summed E-state index contributed by atoms with van der Waals surface area (Å²) in [4.78, 5) is 0. The molecular weight excluding hydrogens is 591 g/mol. The van der Waals surface area contributed by atoms with E-state index in [1.807, 2.05) is 121 Å². The lowest BCUT2D eigenvalue weighted by molar-refractivity contribution is -0.259. The fourth-order valence-corrected chi connectivity index (χ4v) is 6.79. The summed E-state index contributed by atoms with van der Waals surface area (Å²) in [6.07, 6.45) is -2.92. The van der Waals surface area contributed by atoms with Crippen molar-refractivity contribution in [2.45, 2.75) is 56.7 Å². The smallest absolute Gasteiger partial charge is 0.361 e. The Hall–Kier alpha value is -3.17. The van der Waals surface area contributed by atoms with E-state index in [2.05, 4.69) is 0 Å². The van der Waals surface area contributed by atoms with Gasteiger partial charge in [0.15, 0.2) is 5.85 Å². The molecule has 1 saturated heterocycles. The van der Waals surface area contributed by atoms with Gasteiger partial charge in [-0.25, -0.2) is 0 Å². The maximum absolute atomic E-state index is 14.1. The SMILES string of the molecule is COP(=O)(OC)[C@@H]1O[C@H](COCc2ccccc2)[C@@H](OCc2ccccc2)[C@H](OCc2ccccc2)[C@H]1OCc1ccccc1. The van der Waals surface area contributed by atoms with Gasteiger partial charge < -0.3 is 32.7 Å². The second kappa shape index (κ2) is 16.9. The molecule has 1 heterocycles. The van der Waals surface area contributed by atoms with Crippen LogP contribution in [-0.4, -0.2) is 51.1 Å². The van der Waals surface area contributed by atoms with E-state index in [1.165, 1.54) is 14.2 Å². The highest BCUT2D eigenvalue weighted by Gasteiger charge is 2.55. The maximum atomic E-state index is 14.1. The molecule has 5 atom stereocenters. The largest absolute Gasteiger partial charge is 0.374 e. The van der Waals surface area contributed by atoms with Crippen LogP contribution in [0.3, 0.4) is 0 Å². The monoisotopic (exact) mass is 632 g/mol. The van der Waals surface area contributed by atoms with E-state index in [0.29, 0.717) is 13.2 Å². The Morgan fingerprint density at radius 1 is 0.533 bits per heavy atom. The number of rotatable bonds is 16. The predicted octanol–water partition coefficient (Wildman–Crippen LogP) is 7.17. The quantitative estimate of drug-likeness (QED) is 0.120. The molecule has 0 spiro atoms. The molecule has 5 rings (SSSR count). The van der Waals surface area contributed by atoms with E-state index in [-0.39, 0.29) is 19.8 Å². The summed E-state index contributed by atoms with van der Waals surface area (Å²) in [5, 5.41) is 0. The van der Waals surface area contributed by atoms with E-state index in [9.17, 15) is 4.57 Å². The van der Waals surface area contributed by atoms with Crippen molar-refractivity contribution in [1.82, 2.24) is 0 Å². The molecule has 4 aromatic carbocycles. The van der Waals surface area contributed by atoms with Crippen LogP contribution < -0.4 is 0 Å². The number of benzene rings is 4. The number of hydrogen-bond donors (Lipinski definition) is 0. The van der Waals surface area contributed by atoms with Crippen molar-refractivity contribution >= 4 is 7.60 Å². The highest BCUT2D eigenvalue weighted by molar-refractivity contribution is 7.54. The molecular formula is C36H41O8P. The van der Waals surface area contributed by atoms with Gasteiger partial charge in [0.2, 0.25) is 0 Å². The molecule has 0 unspecified atom stereocenters. The van der Waals surface area contributed by atoms with Crippen LogP contribution >= 0.6 is 7.60 Å². The van der Waals surface area contributed by atoms with Gasteiger partial charge in [-0.1, -0.05) is 121 Å². The molecule has 1 aliphatic rings. The summed E-state index contributed by atoms with van der Waals surface area (Å²) in [5.74, 6) is -1.11. The molecule has 0 N–H and O–H groups in total.